The maximum Gasteiger partial charge on any atom is 0.143 e. The molecule has 1 saturated carbocycles. The van der Waals surface area contributed by atoms with Gasteiger partial charge in [0.1, 0.15) is 12.1 Å². The number of anilines is 1. The number of nitrogens with zero attached hydrogens (tertiary/aromatic N) is 2. The van der Waals surface area contributed by atoms with Gasteiger partial charge in [-0.25, -0.2) is 9.97 Å². The van der Waals surface area contributed by atoms with Gasteiger partial charge in [-0.3, -0.25) is 0 Å². The zero-order chi connectivity index (χ0) is 12.3. The van der Waals surface area contributed by atoms with Crippen LogP contribution in [-0.4, -0.2) is 27.2 Å². The Labute approximate surface area is 115 Å². The fourth-order valence-corrected chi connectivity index (χ4v) is 3.05. The van der Waals surface area contributed by atoms with Crippen molar-refractivity contribution in [2.75, 3.05) is 11.9 Å². The SMILES string of the molecule is CC1CCCC(CO)(Nc2ncncc2I)C1. The van der Waals surface area contributed by atoms with Gasteiger partial charge in [-0.2, -0.15) is 0 Å². The van der Waals surface area contributed by atoms with Crippen molar-refractivity contribution in [1.82, 2.24) is 9.97 Å². The molecule has 1 aromatic rings. The molecule has 0 bridgehead atoms. The molecule has 94 valence electrons. The lowest BCUT2D eigenvalue weighted by molar-refractivity contribution is 0.149. The highest BCUT2D eigenvalue weighted by atomic mass is 127. The summed E-state index contributed by atoms with van der Waals surface area (Å²) in [6, 6.07) is 0. The quantitative estimate of drug-likeness (QED) is 0.825. The summed E-state index contributed by atoms with van der Waals surface area (Å²) >= 11 is 2.22. The number of nitrogens with one attached hydrogen (secondary N) is 1. The number of halogens is 1. The third kappa shape index (κ3) is 3.07. The van der Waals surface area contributed by atoms with E-state index in [1.165, 1.54) is 6.42 Å². The summed E-state index contributed by atoms with van der Waals surface area (Å²) in [4.78, 5) is 8.23. The Morgan fingerprint density at radius 1 is 1.65 bits per heavy atom. The zero-order valence-electron chi connectivity index (χ0n) is 9.99. The van der Waals surface area contributed by atoms with E-state index in [2.05, 4.69) is 44.8 Å². The molecular weight excluding hydrogens is 329 g/mol. The van der Waals surface area contributed by atoms with Crippen molar-refractivity contribution in [2.45, 2.75) is 38.1 Å². The van der Waals surface area contributed by atoms with Gasteiger partial charge in [0.2, 0.25) is 0 Å². The second kappa shape index (κ2) is 5.48. The molecule has 0 radical (unpaired) electrons. The molecule has 0 spiro atoms. The van der Waals surface area contributed by atoms with Crippen molar-refractivity contribution in [3.63, 3.8) is 0 Å². The van der Waals surface area contributed by atoms with Crippen LogP contribution in [0.4, 0.5) is 5.82 Å². The van der Waals surface area contributed by atoms with Gasteiger partial charge in [0, 0.05) is 6.20 Å². The van der Waals surface area contributed by atoms with Crippen LogP contribution in [0.5, 0.6) is 0 Å². The second-order valence-electron chi connectivity index (χ2n) is 4.98. The molecule has 2 unspecified atom stereocenters. The first kappa shape index (κ1) is 13.0. The number of hydrogen-bond donors (Lipinski definition) is 2. The third-order valence-corrected chi connectivity index (χ3v) is 4.23. The summed E-state index contributed by atoms with van der Waals surface area (Å²) in [6.07, 6.45) is 7.76. The van der Waals surface area contributed by atoms with Crippen LogP contribution in [0.3, 0.4) is 0 Å². The lowest BCUT2D eigenvalue weighted by Gasteiger charge is -2.39. The average Bonchev–Trinajstić information content (AvgIpc) is 2.32. The van der Waals surface area contributed by atoms with Crippen molar-refractivity contribution in [2.24, 2.45) is 5.92 Å². The van der Waals surface area contributed by atoms with E-state index < -0.39 is 0 Å². The summed E-state index contributed by atoms with van der Waals surface area (Å²) in [5.74, 6) is 1.49. The van der Waals surface area contributed by atoms with E-state index in [9.17, 15) is 5.11 Å². The van der Waals surface area contributed by atoms with Gasteiger partial charge in [0.15, 0.2) is 0 Å². The molecular formula is C12H18IN3O. The number of aliphatic hydroxyl groups is 1. The van der Waals surface area contributed by atoms with Gasteiger partial charge in [0.25, 0.3) is 0 Å². The Balaban J connectivity index is 2.17. The minimum Gasteiger partial charge on any atom is -0.394 e. The summed E-state index contributed by atoms with van der Waals surface area (Å²) in [7, 11) is 0. The Bertz CT molecular complexity index is 388. The molecule has 2 atom stereocenters. The Kier molecular flexibility index (Phi) is 4.19. The minimum atomic E-state index is -0.202. The van der Waals surface area contributed by atoms with Gasteiger partial charge >= 0.3 is 0 Å². The van der Waals surface area contributed by atoms with Crippen molar-refractivity contribution < 1.29 is 5.11 Å². The Morgan fingerprint density at radius 2 is 2.47 bits per heavy atom. The number of hydrogen-bond acceptors (Lipinski definition) is 4. The predicted molar refractivity (Wildman–Crippen MR) is 75.8 cm³/mol. The third-order valence-electron chi connectivity index (χ3n) is 3.45. The van der Waals surface area contributed by atoms with E-state index in [1.807, 2.05) is 0 Å². The molecule has 1 aliphatic rings. The molecule has 17 heavy (non-hydrogen) atoms. The summed E-state index contributed by atoms with van der Waals surface area (Å²) in [5.41, 5.74) is -0.202. The molecule has 0 saturated heterocycles. The predicted octanol–water partition coefficient (Wildman–Crippen LogP) is 2.43. The smallest absolute Gasteiger partial charge is 0.143 e. The lowest BCUT2D eigenvalue weighted by Crippen LogP contribution is -2.46. The van der Waals surface area contributed by atoms with Crippen LogP contribution in [0.25, 0.3) is 0 Å². The molecule has 1 aromatic heterocycles. The summed E-state index contributed by atoms with van der Waals surface area (Å²) in [6.45, 7) is 2.41. The highest BCUT2D eigenvalue weighted by Crippen LogP contribution is 2.34. The van der Waals surface area contributed by atoms with Crippen molar-refractivity contribution in [3.05, 3.63) is 16.1 Å². The van der Waals surface area contributed by atoms with Crippen LogP contribution in [0.15, 0.2) is 12.5 Å². The average molecular weight is 347 g/mol. The zero-order valence-corrected chi connectivity index (χ0v) is 12.1. The molecule has 0 aromatic carbocycles. The summed E-state index contributed by atoms with van der Waals surface area (Å²) < 4.78 is 0.996. The van der Waals surface area contributed by atoms with Crippen LogP contribution in [0, 0.1) is 9.49 Å². The van der Waals surface area contributed by atoms with Crippen LogP contribution < -0.4 is 5.32 Å². The van der Waals surface area contributed by atoms with Crippen LogP contribution >= 0.6 is 22.6 Å². The molecule has 2 N–H and O–H groups in total. The van der Waals surface area contributed by atoms with Gasteiger partial charge in [-0.05, 0) is 41.4 Å². The van der Waals surface area contributed by atoms with Crippen molar-refractivity contribution in [1.29, 1.82) is 0 Å². The first-order valence-corrected chi connectivity index (χ1v) is 7.08. The van der Waals surface area contributed by atoms with Crippen molar-refractivity contribution in [3.8, 4) is 0 Å². The molecule has 1 heterocycles. The van der Waals surface area contributed by atoms with E-state index in [-0.39, 0.29) is 12.1 Å². The highest BCUT2D eigenvalue weighted by molar-refractivity contribution is 14.1. The Morgan fingerprint density at radius 3 is 3.12 bits per heavy atom. The molecule has 1 fully saturated rings. The van der Waals surface area contributed by atoms with E-state index in [0.717, 1.165) is 28.7 Å². The molecule has 0 amide bonds. The van der Waals surface area contributed by atoms with Gasteiger partial charge in [-0.1, -0.05) is 19.8 Å². The van der Waals surface area contributed by atoms with E-state index >= 15 is 0 Å². The van der Waals surface area contributed by atoms with Crippen LogP contribution in [0.1, 0.15) is 32.6 Å². The first-order chi connectivity index (χ1) is 8.15. The van der Waals surface area contributed by atoms with Crippen molar-refractivity contribution >= 4 is 28.4 Å². The fourth-order valence-electron chi connectivity index (χ4n) is 2.61. The topological polar surface area (TPSA) is 58.0 Å². The van der Waals surface area contributed by atoms with Crippen LogP contribution in [0.2, 0.25) is 0 Å². The fraction of sp³-hybridized carbons (Fsp3) is 0.667. The largest absolute Gasteiger partial charge is 0.394 e. The van der Waals surface area contributed by atoms with E-state index in [4.69, 9.17) is 0 Å². The number of aromatic nitrogens is 2. The normalized spacial score (nSPS) is 29.0. The standard InChI is InChI=1S/C12H18IN3O/c1-9-3-2-4-12(5-9,7-17)16-11-10(13)6-14-8-15-11/h6,8-9,17H,2-5,7H2,1H3,(H,14,15,16). The summed E-state index contributed by atoms with van der Waals surface area (Å²) in [5, 5.41) is 13.1. The number of rotatable bonds is 3. The van der Waals surface area contributed by atoms with Gasteiger partial charge in [0.05, 0.1) is 15.7 Å². The molecule has 5 heteroatoms. The van der Waals surface area contributed by atoms with Gasteiger partial charge in [-0.15, -0.1) is 0 Å². The number of aliphatic hydroxyl groups excluding tert-OH is 1. The lowest BCUT2D eigenvalue weighted by atomic mass is 9.77. The molecule has 1 aliphatic carbocycles. The van der Waals surface area contributed by atoms with E-state index in [1.54, 1.807) is 12.5 Å². The molecule has 4 nitrogen and oxygen atoms in total. The maximum absolute atomic E-state index is 9.70. The first-order valence-electron chi connectivity index (χ1n) is 6.00. The monoisotopic (exact) mass is 347 g/mol. The van der Waals surface area contributed by atoms with E-state index in [0.29, 0.717) is 5.92 Å². The molecule has 0 aliphatic heterocycles. The minimum absolute atomic E-state index is 0.164. The second-order valence-corrected chi connectivity index (χ2v) is 6.15. The highest BCUT2D eigenvalue weighted by Gasteiger charge is 2.34. The maximum atomic E-state index is 9.70. The van der Waals surface area contributed by atoms with Gasteiger partial charge < -0.3 is 10.4 Å². The van der Waals surface area contributed by atoms with Crippen LogP contribution in [-0.2, 0) is 0 Å². The Hall–Kier alpha value is -0.430. The molecule has 2 rings (SSSR count).